The van der Waals surface area contributed by atoms with Crippen LogP contribution in [0.5, 0.6) is 0 Å². The van der Waals surface area contributed by atoms with Crippen LogP contribution in [0, 0.1) is 0 Å². The van der Waals surface area contributed by atoms with Gasteiger partial charge in [-0.05, 0) is 18.2 Å². The van der Waals surface area contributed by atoms with Crippen LogP contribution in [0.2, 0.25) is 0 Å². The van der Waals surface area contributed by atoms with Gasteiger partial charge in [-0.15, -0.1) is 0 Å². The minimum atomic E-state index is -0.778. The molecule has 0 saturated carbocycles. The second kappa shape index (κ2) is 8.24. The van der Waals surface area contributed by atoms with Gasteiger partial charge in [-0.1, -0.05) is 6.07 Å². The van der Waals surface area contributed by atoms with Crippen LogP contribution in [-0.2, 0) is 23.9 Å². The fourth-order valence-corrected chi connectivity index (χ4v) is 2.23. The van der Waals surface area contributed by atoms with Gasteiger partial charge in [0.2, 0.25) is 17.7 Å². The van der Waals surface area contributed by atoms with E-state index in [1.54, 1.807) is 14.1 Å². The molecule has 0 aromatic heterocycles. The molecule has 1 aliphatic rings. The summed E-state index contributed by atoms with van der Waals surface area (Å²) < 4.78 is 4.89. The van der Waals surface area contributed by atoms with Crippen LogP contribution in [0.4, 0.5) is 5.69 Å². The average Bonchev–Trinajstić information content (AvgIpc) is 2.95. The largest absolute Gasteiger partial charge is 0.452 e. The van der Waals surface area contributed by atoms with Gasteiger partial charge >= 0.3 is 5.97 Å². The van der Waals surface area contributed by atoms with Gasteiger partial charge in [0.15, 0.2) is 6.61 Å². The van der Waals surface area contributed by atoms with Crippen molar-refractivity contribution in [3.63, 3.8) is 0 Å². The number of carbonyl (C=O) groups is 5. The van der Waals surface area contributed by atoms with Gasteiger partial charge in [-0.3, -0.25) is 24.1 Å². The maximum Gasteiger partial charge on any atom is 0.338 e. The van der Waals surface area contributed by atoms with E-state index in [1.165, 1.54) is 29.2 Å². The molecule has 0 aliphatic carbocycles. The summed E-state index contributed by atoms with van der Waals surface area (Å²) in [6, 6.07) is 5.86. The second-order valence-electron chi connectivity index (χ2n) is 5.81. The molecule has 1 aromatic rings. The van der Waals surface area contributed by atoms with Crippen molar-refractivity contribution in [2.24, 2.45) is 0 Å². The van der Waals surface area contributed by atoms with E-state index in [2.05, 4.69) is 5.32 Å². The van der Waals surface area contributed by atoms with E-state index in [-0.39, 0.29) is 48.4 Å². The molecular formula is C17H19N3O6. The quantitative estimate of drug-likeness (QED) is 0.550. The minimum absolute atomic E-state index is 0.104. The molecule has 9 nitrogen and oxygen atoms in total. The zero-order valence-electron chi connectivity index (χ0n) is 14.5. The Bertz CT molecular complexity index is 743. The van der Waals surface area contributed by atoms with Crippen LogP contribution in [0.15, 0.2) is 24.3 Å². The maximum atomic E-state index is 12.1. The molecule has 1 saturated heterocycles. The number of carbonyl (C=O) groups excluding carboxylic acids is 5. The molecule has 138 valence electrons. The van der Waals surface area contributed by atoms with Crippen molar-refractivity contribution < 1.29 is 28.7 Å². The summed E-state index contributed by atoms with van der Waals surface area (Å²) in [7, 11) is 3.11. The molecule has 1 aromatic carbocycles. The van der Waals surface area contributed by atoms with E-state index in [9.17, 15) is 24.0 Å². The molecule has 26 heavy (non-hydrogen) atoms. The van der Waals surface area contributed by atoms with E-state index in [1.807, 2.05) is 0 Å². The van der Waals surface area contributed by atoms with Crippen molar-refractivity contribution in [3.8, 4) is 0 Å². The first-order valence-electron chi connectivity index (χ1n) is 7.89. The Morgan fingerprint density at radius 3 is 2.42 bits per heavy atom. The third kappa shape index (κ3) is 4.65. The summed E-state index contributed by atoms with van der Waals surface area (Å²) in [4.78, 5) is 60.9. The first kappa shape index (κ1) is 19.1. The van der Waals surface area contributed by atoms with Crippen LogP contribution in [0.25, 0.3) is 0 Å². The van der Waals surface area contributed by atoms with E-state index in [4.69, 9.17) is 4.74 Å². The molecule has 9 heteroatoms. The Kier molecular flexibility index (Phi) is 6.05. The lowest BCUT2D eigenvalue weighted by Gasteiger charge is -2.14. The predicted molar refractivity (Wildman–Crippen MR) is 90.2 cm³/mol. The number of anilines is 1. The maximum absolute atomic E-state index is 12.1. The standard InChI is InChI=1S/C17H19N3O6/c1-19(2)16(24)9-18-13(21)10-26-17(25)11-4-3-5-12(8-11)20-14(22)6-7-15(20)23/h3-5,8H,6-7,9-10H2,1-2H3,(H,18,21). The lowest BCUT2D eigenvalue weighted by atomic mass is 10.2. The van der Waals surface area contributed by atoms with Gasteiger partial charge in [0.05, 0.1) is 17.8 Å². The van der Waals surface area contributed by atoms with Crippen molar-refractivity contribution in [1.29, 1.82) is 0 Å². The summed E-state index contributed by atoms with van der Waals surface area (Å²) in [6.07, 6.45) is 0.276. The summed E-state index contributed by atoms with van der Waals surface area (Å²) in [5.41, 5.74) is 0.389. The first-order chi connectivity index (χ1) is 12.3. The highest BCUT2D eigenvalue weighted by Crippen LogP contribution is 2.23. The van der Waals surface area contributed by atoms with Gasteiger partial charge < -0.3 is 15.0 Å². The van der Waals surface area contributed by atoms with Crippen molar-refractivity contribution in [2.75, 3.05) is 32.1 Å². The molecule has 0 unspecified atom stereocenters. The number of hydrogen-bond acceptors (Lipinski definition) is 6. The Balaban J connectivity index is 1.93. The number of esters is 1. The normalized spacial score (nSPS) is 13.5. The van der Waals surface area contributed by atoms with Crippen molar-refractivity contribution in [1.82, 2.24) is 10.2 Å². The smallest absolute Gasteiger partial charge is 0.338 e. The molecule has 1 fully saturated rings. The molecular weight excluding hydrogens is 342 g/mol. The Labute approximate surface area is 149 Å². The van der Waals surface area contributed by atoms with E-state index < -0.39 is 18.5 Å². The summed E-state index contributed by atoms with van der Waals surface area (Å²) in [6.45, 7) is -0.747. The Morgan fingerprint density at radius 2 is 1.81 bits per heavy atom. The lowest BCUT2D eigenvalue weighted by Crippen LogP contribution is -2.38. The fourth-order valence-electron chi connectivity index (χ4n) is 2.23. The highest BCUT2D eigenvalue weighted by atomic mass is 16.5. The van der Waals surface area contributed by atoms with Crippen molar-refractivity contribution in [3.05, 3.63) is 29.8 Å². The Hall–Kier alpha value is -3.23. The van der Waals surface area contributed by atoms with Crippen molar-refractivity contribution in [2.45, 2.75) is 12.8 Å². The number of imide groups is 1. The highest BCUT2D eigenvalue weighted by Gasteiger charge is 2.30. The zero-order chi connectivity index (χ0) is 19.3. The number of rotatable bonds is 6. The highest BCUT2D eigenvalue weighted by molar-refractivity contribution is 6.20. The van der Waals surface area contributed by atoms with Gasteiger partial charge in [0, 0.05) is 26.9 Å². The lowest BCUT2D eigenvalue weighted by molar-refractivity contribution is -0.131. The number of nitrogens with one attached hydrogen (secondary N) is 1. The monoisotopic (exact) mass is 361 g/mol. The summed E-state index contributed by atoms with van der Waals surface area (Å²) >= 11 is 0. The number of likely N-dealkylation sites (N-methyl/N-ethyl adjacent to an activating group) is 1. The van der Waals surface area contributed by atoms with E-state index in [0.29, 0.717) is 0 Å². The minimum Gasteiger partial charge on any atom is -0.452 e. The number of benzene rings is 1. The van der Waals surface area contributed by atoms with Crippen LogP contribution >= 0.6 is 0 Å². The molecule has 2 rings (SSSR count). The third-order valence-corrected chi connectivity index (χ3v) is 3.66. The summed E-state index contributed by atoms with van der Waals surface area (Å²) in [5, 5.41) is 2.33. The first-order valence-corrected chi connectivity index (χ1v) is 7.89. The molecule has 1 aliphatic heterocycles. The van der Waals surface area contributed by atoms with Crippen LogP contribution in [-0.4, -0.2) is 61.7 Å². The SMILES string of the molecule is CN(C)C(=O)CNC(=O)COC(=O)c1cccc(N2C(=O)CCC2=O)c1. The Morgan fingerprint density at radius 1 is 1.15 bits per heavy atom. The summed E-state index contributed by atoms with van der Waals surface area (Å²) in [5.74, 6) is -2.34. The second-order valence-corrected chi connectivity index (χ2v) is 5.81. The topological polar surface area (TPSA) is 113 Å². The number of nitrogens with zero attached hydrogens (tertiary/aromatic N) is 2. The molecule has 0 atom stereocenters. The van der Waals surface area contributed by atoms with Gasteiger partial charge in [0.25, 0.3) is 5.91 Å². The number of amides is 4. The molecule has 1 heterocycles. The van der Waals surface area contributed by atoms with Gasteiger partial charge in [-0.25, -0.2) is 4.79 Å². The molecule has 4 amide bonds. The molecule has 0 bridgehead atoms. The number of hydrogen-bond donors (Lipinski definition) is 1. The van der Waals surface area contributed by atoms with Crippen LogP contribution in [0.1, 0.15) is 23.2 Å². The molecule has 0 spiro atoms. The van der Waals surface area contributed by atoms with E-state index in [0.717, 1.165) is 4.90 Å². The van der Waals surface area contributed by atoms with E-state index >= 15 is 0 Å². The predicted octanol–water partition coefficient (Wildman–Crippen LogP) is -0.299. The fraction of sp³-hybridized carbons (Fsp3) is 0.353. The van der Waals surface area contributed by atoms with Gasteiger partial charge in [-0.2, -0.15) is 0 Å². The molecule has 1 N–H and O–H groups in total. The number of ether oxygens (including phenoxy) is 1. The van der Waals surface area contributed by atoms with Crippen LogP contribution < -0.4 is 10.2 Å². The average molecular weight is 361 g/mol. The molecule has 0 radical (unpaired) electrons. The zero-order valence-corrected chi connectivity index (χ0v) is 14.5. The van der Waals surface area contributed by atoms with Crippen molar-refractivity contribution >= 4 is 35.3 Å². The van der Waals surface area contributed by atoms with Gasteiger partial charge in [0.1, 0.15) is 0 Å². The third-order valence-electron chi connectivity index (χ3n) is 3.66. The van der Waals surface area contributed by atoms with Crippen LogP contribution in [0.3, 0.4) is 0 Å².